The summed E-state index contributed by atoms with van der Waals surface area (Å²) in [6.07, 6.45) is 4.05. The van der Waals surface area contributed by atoms with Crippen molar-refractivity contribution in [2.45, 2.75) is 18.9 Å². The summed E-state index contributed by atoms with van der Waals surface area (Å²) >= 11 is 0. The van der Waals surface area contributed by atoms with Crippen LogP contribution in [0.15, 0.2) is 42.6 Å². The number of pyridine rings is 1. The molecule has 4 rings (SSSR count). The zero-order valence-electron chi connectivity index (χ0n) is 17.1. The molecule has 1 saturated heterocycles. The molecule has 6 nitrogen and oxygen atoms in total. The average Bonchev–Trinajstić information content (AvgIpc) is 3.15. The van der Waals surface area contributed by atoms with E-state index in [2.05, 4.69) is 43.6 Å². The summed E-state index contributed by atoms with van der Waals surface area (Å²) in [5.74, 6) is 6.80. The molecular weight excluding hydrogens is 362 g/mol. The summed E-state index contributed by atoms with van der Waals surface area (Å²) in [7, 11) is 6.17. The van der Waals surface area contributed by atoms with Gasteiger partial charge in [0.05, 0.1) is 0 Å². The van der Waals surface area contributed by atoms with Crippen LogP contribution < -0.4 is 9.64 Å². The fourth-order valence-electron chi connectivity index (χ4n) is 3.40. The SMILES string of the molecule is CN(C)c1ccc(C#Cc2nc3ncccc3nc2OC[C@@H]2CCCN2C)cc1. The number of benzene rings is 1. The minimum absolute atomic E-state index is 0.404. The van der Waals surface area contributed by atoms with Crippen LogP contribution >= 0.6 is 0 Å². The number of ether oxygens (including phenoxy) is 1. The molecule has 0 amide bonds. The van der Waals surface area contributed by atoms with Gasteiger partial charge in [-0.3, -0.25) is 0 Å². The van der Waals surface area contributed by atoms with Crippen molar-refractivity contribution in [1.82, 2.24) is 19.9 Å². The van der Waals surface area contributed by atoms with Crippen LogP contribution in [0.4, 0.5) is 5.69 Å². The quantitative estimate of drug-likeness (QED) is 0.642. The molecular formula is C23H25N5O. The van der Waals surface area contributed by atoms with Crippen molar-refractivity contribution in [1.29, 1.82) is 0 Å². The second-order valence-electron chi connectivity index (χ2n) is 7.50. The van der Waals surface area contributed by atoms with E-state index in [1.807, 2.05) is 50.5 Å². The number of likely N-dealkylation sites (N-methyl/N-ethyl adjacent to an activating group) is 1. The maximum atomic E-state index is 6.09. The van der Waals surface area contributed by atoms with Crippen LogP contribution in [0.5, 0.6) is 5.88 Å². The smallest absolute Gasteiger partial charge is 0.249 e. The van der Waals surface area contributed by atoms with Gasteiger partial charge in [-0.2, -0.15) is 0 Å². The van der Waals surface area contributed by atoms with E-state index in [9.17, 15) is 0 Å². The molecule has 2 aromatic heterocycles. The largest absolute Gasteiger partial charge is 0.474 e. The summed E-state index contributed by atoms with van der Waals surface area (Å²) in [6.45, 7) is 1.69. The number of nitrogens with zero attached hydrogens (tertiary/aromatic N) is 5. The van der Waals surface area contributed by atoms with E-state index in [0.717, 1.165) is 24.2 Å². The Bertz CT molecular complexity index is 1050. The van der Waals surface area contributed by atoms with Crippen molar-refractivity contribution in [3.05, 3.63) is 53.9 Å². The fraction of sp³-hybridized carbons (Fsp3) is 0.348. The zero-order valence-corrected chi connectivity index (χ0v) is 17.1. The van der Waals surface area contributed by atoms with Gasteiger partial charge in [0.15, 0.2) is 11.3 Å². The van der Waals surface area contributed by atoms with Gasteiger partial charge in [0.2, 0.25) is 5.88 Å². The van der Waals surface area contributed by atoms with Crippen LogP contribution in [0, 0.1) is 11.8 Å². The molecule has 6 heteroatoms. The van der Waals surface area contributed by atoms with Crippen molar-refractivity contribution >= 4 is 16.9 Å². The number of hydrogen-bond donors (Lipinski definition) is 0. The highest BCUT2D eigenvalue weighted by Gasteiger charge is 2.22. The summed E-state index contributed by atoms with van der Waals surface area (Å²) in [6, 6.07) is 12.2. The van der Waals surface area contributed by atoms with Crippen LogP contribution in [0.1, 0.15) is 24.1 Å². The van der Waals surface area contributed by atoms with E-state index in [0.29, 0.717) is 35.4 Å². The molecule has 1 atom stereocenters. The molecule has 29 heavy (non-hydrogen) atoms. The minimum atomic E-state index is 0.404. The van der Waals surface area contributed by atoms with Crippen LogP contribution in [-0.2, 0) is 0 Å². The maximum absolute atomic E-state index is 6.09. The lowest BCUT2D eigenvalue weighted by molar-refractivity contribution is 0.193. The lowest BCUT2D eigenvalue weighted by atomic mass is 10.2. The highest BCUT2D eigenvalue weighted by molar-refractivity contribution is 5.71. The predicted octanol–water partition coefficient (Wildman–Crippen LogP) is 2.96. The number of hydrogen-bond acceptors (Lipinski definition) is 6. The molecule has 0 aliphatic carbocycles. The first-order chi connectivity index (χ1) is 14.1. The summed E-state index contributed by atoms with van der Waals surface area (Å²) in [4.78, 5) is 17.9. The summed E-state index contributed by atoms with van der Waals surface area (Å²) in [5.41, 5.74) is 3.86. The van der Waals surface area contributed by atoms with E-state index in [1.54, 1.807) is 6.20 Å². The van der Waals surface area contributed by atoms with Crippen LogP contribution in [0.25, 0.3) is 11.2 Å². The van der Waals surface area contributed by atoms with E-state index in [-0.39, 0.29) is 0 Å². The lowest BCUT2D eigenvalue weighted by Crippen LogP contribution is -2.30. The third kappa shape index (κ3) is 4.47. The van der Waals surface area contributed by atoms with Gasteiger partial charge in [-0.25, -0.2) is 15.0 Å². The topological polar surface area (TPSA) is 54.4 Å². The van der Waals surface area contributed by atoms with Crippen molar-refractivity contribution in [2.75, 3.05) is 39.2 Å². The third-order valence-electron chi connectivity index (χ3n) is 5.20. The Kier molecular flexibility index (Phi) is 5.59. The number of likely N-dealkylation sites (tertiary alicyclic amines) is 1. The van der Waals surface area contributed by atoms with Gasteiger partial charge in [0.1, 0.15) is 12.1 Å². The molecule has 0 spiro atoms. The molecule has 148 valence electrons. The molecule has 1 aromatic carbocycles. The Morgan fingerprint density at radius 3 is 2.69 bits per heavy atom. The van der Waals surface area contributed by atoms with Crippen molar-refractivity contribution in [3.63, 3.8) is 0 Å². The monoisotopic (exact) mass is 387 g/mol. The number of aromatic nitrogens is 3. The molecule has 3 heterocycles. The van der Waals surface area contributed by atoms with Gasteiger partial charge in [-0.1, -0.05) is 5.92 Å². The van der Waals surface area contributed by atoms with Crippen LogP contribution in [0.3, 0.4) is 0 Å². The van der Waals surface area contributed by atoms with Gasteiger partial charge in [0, 0.05) is 37.6 Å². The van der Waals surface area contributed by atoms with E-state index >= 15 is 0 Å². The van der Waals surface area contributed by atoms with Gasteiger partial charge < -0.3 is 14.5 Å². The molecule has 0 N–H and O–H groups in total. The number of anilines is 1. The maximum Gasteiger partial charge on any atom is 0.249 e. The molecule has 0 unspecified atom stereocenters. The van der Waals surface area contributed by atoms with Crippen molar-refractivity contribution < 1.29 is 4.74 Å². The molecule has 0 saturated carbocycles. The first kappa shape index (κ1) is 19.2. The highest BCUT2D eigenvalue weighted by atomic mass is 16.5. The van der Waals surface area contributed by atoms with Crippen molar-refractivity contribution in [3.8, 4) is 17.7 Å². The minimum Gasteiger partial charge on any atom is -0.474 e. The number of fused-ring (bicyclic) bond motifs is 1. The second-order valence-corrected chi connectivity index (χ2v) is 7.50. The van der Waals surface area contributed by atoms with Crippen LogP contribution in [0.2, 0.25) is 0 Å². The van der Waals surface area contributed by atoms with Gasteiger partial charge in [-0.15, -0.1) is 0 Å². The molecule has 1 fully saturated rings. The molecule has 0 bridgehead atoms. The summed E-state index contributed by atoms with van der Waals surface area (Å²) < 4.78 is 6.09. The highest BCUT2D eigenvalue weighted by Crippen LogP contribution is 2.20. The molecule has 0 radical (unpaired) electrons. The Labute approximate surface area is 171 Å². The van der Waals surface area contributed by atoms with E-state index in [4.69, 9.17) is 4.74 Å². The van der Waals surface area contributed by atoms with Gasteiger partial charge in [-0.05, 0) is 68.8 Å². The van der Waals surface area contributed by atoms with Gasteiger partial charge in [0.25, 0.3) is 0 Å². The number of rotatable bonds is 4. The van der Waals surface area contributed by atoms with E-state index < -0.39 is 0 Å². The van der Waals surface area contributed by atoms with Gasteiger partial charge >= 0.3 is 0 Å². The standard InChI is InChI=1S/C23H25N5O/c1-27(2)18-11-8-17(9-12-18)10-13-21-23(29-16-19-6-5-15-28(19)3)26-20-7-4-14-24-22(20)25-21/h4,7-9,11-12,14,19H,5-6,15-16H2,1-3H3/t19-/m0/s1. The molecule has 3 aromatic rings. The van der Waals surface area contributed by atoms with E-state index in [1.165, 1.54) is 6.42 Å². The van der Waals surface area contributed by atoms with Crippen LogP contribution in [-0.4, -0.2) is 60.2 Å². The molecule has 1 aliphatic heterocycles. The Morgan fingerprint density at radius 2 is 1.97 bits per heavy atom. The predicted molar refractivity (Wildman–Crippen MR) is 115 cm³/mol. The fourth-order valence-corrected chi connectivity index (χ4v) is 3.40. The first-order valence-corrected chi connectivity index (χ1v) is 9.85. The normalized spacial score (nSPS) is 16.4. The zero-order chi connectivity index (χ0) is 20.2. The Hall–Kier alpha value is -3.17. The Balaban J connectivity index is 1.63. The lowest BCUT2D eigenvalue weighted by Gasteiger charge is -2.19. The summed E-state index contributed by atoms with van der Waals surface area (Å²) in [5, 5.41) is 0. The van der Waals surface area contributed by atoms with Crippen molar-refractivity contribution in [2.24, 2.45) is 0 Å². The first-order valence-electron chi connectivity index (χ1n) is 9.85. The average molecular weight is 387 g/mol. The second kappa shape index (κ2) is 8.46. The Morgan fingerprint density at radius 1 is 1.14 bits per heavy atom. The third-order valence-corrected chi connectivity index (χ3v) is 5.20. The molecule has 1 aliphatic rings.